The van der Waals surface area contributed by atoms with Crippen molar-refractivity contribution in [3.05, 3.63) is 89.9 Å². The molecule has 0 radical (unpaired) electrons. The minimum atomic E-state index is -1.46. The molecule has 8 heteroatoms. The number of anilines is 1. The second kappa shape index (κ2) is 9.75. The molecule has 1 spiro atoms. The van der Waals surface area contributed by atoms with Gasteiger partial charge in [0.25, 0.3) is 0 Å². The number of halogens is 3. The highest BCUT2D eigenvalue weighted by Gasteiger charge is 2.47. The van der Waals surface area contributed by atoms with Crippen molar-refractivity contribution >= 4 is 22.7 Å². The number of benzene rings is 3. The van der Waals surface area contributed by atoms with E-state index in [9.17, 15) is 18.0 Å². The van der Waals surface area contributed by atoms with Gasteiger partial charge in [-0.2, -0.15) is 0 Å². The number of carbonyl (C=O) groups is 1. The topological polar surface area (TPSA) is 37.7 Å². The fraction of sp³-hybridized carbons (Fsp3) is 0.323. The van der Waals surface area contributed by atoms with Crippen LogP contribution in [0, 0.1) is 17.5 Å². The van der Waals surface area contributed by atoms with E-state index in [0.29, 0.717) is 18.7 Å². The number of rotatable bonds is 5. The van der Waals surface area contributed by atoms with Crippen molar-refractivity contribution < 1.29 is 22.7 Å². The highest BCUT2D eigenvalue weighted by atomic mass is 19.2. The van der Waals surface area contributed by atoms with Crippen LogP contribution in [0.25, 0.3) is 22.0 Å². The molecule has 2 saturated heterocycles. The molecule has 0 bridgehead atoms. The summed E-state index contributed by atoms with van der Waals surface area (Å²) in [4.78, 5) is 16.7. The summed E-state index contributed by atoms with van der Waals surface area (Å²) >= 11 is 0. The number of carbonyl (C=O) groups excluding carboxylic acids is 1. The lowest BCUT2D eigenvalue weighted by atomic mass is 9.91. The number of hydrogen-bond acceptors (Lipinski definition) is 3. The van der Waals surface area contributed by atoms with E-state index in [-0.39, 0.29) is 17.7 Å². The lowest BCUT2D eigenvalue weighted by Gasteiger charge is -2.37. The zero-order valence-corrected chi connectivity index (χ0v) is 22.0. The summed E-state index contributed by atoms with van der Waals surface area (Å²) in [6, 6.07) is 17.5. The highest BCUT2D eigenvalue weighted by molar-refractivity contribution is 5.90. The minimum Gasteiger partial charge on any atom is -0.441 e. The smallest absolute Gasteiger partial charge is 0.415 e. The number of aromatic nitrogens is 1. The van der Waals surface area contributed by atoms with E-state index in [1.165, 1.54) is 6.07 Å². The zero-order valence-electron chi connectivity index (χ0n) is 22.0. The molecule has 2 fully saturated rings. The predicted octanol–water partition coefficient (Wildman–Crippen LogP) is 7.30. The second-order valence-corrected chi connectivity index (χ2v) is 10.9. The molecule has 1 aromatic heterocycles. The normalized spacial score (nSPS) is 17.5. The molecule has 0 atom stereocenters. The van der Waals surface area contributed by atoms with Crippen molar-refractivity contribution in [2.75, 3.05) is 24.5 Å². The summed E-state index contributed by atoms with van der Waals surface area (Å²) in [6.45, 7) is 6.95. The summed E-state index contributed by atoms with van der Waals surface area (Å²) < 4.78 is 50.2. The van der Waals surface area contributed by atoms with Gasteiger partial charge in [-0.1, -0.05) is 24.3 Å². The monoisotopic (exact) mass is 533 g/mol. The van der Waals surface area contributed by atoms with Crippen LogP contribution in [0.4, 0.5) is 23.7 Å². The van der Waals surface area contributed by atoms with E-state index in [2.05, 4.69) is 29.5 Å². The Hall–Kier alpha value is -3.78. The van der Waals surface area contributed by atoms with Crippen molar-refractivity contribution in [3.8, 4) is 11.1 Å². The maximum atomic E-state index is 14.6. The molecule has 2 aliphatic heterocycles. The number of amides is 1. The van der Waals surface area contributed by atoms with Crippen LogP contribution in [0.5, 0.6) is 0 Å². The van der Waals surface area contributed by atoms with Crippen LogP contribution >= 0.6 is 0 Å². The molecule has 202 valence electrons. The molecule has 0 saturated carbocycles. The van der Waals surface area contributed by atoms with Gasteiger partial charge in [-0.25, -0.2) is 18.0 Å². The van der Waals surface area contributed by atoms with Gasteiger partial charge >= 0.3 is 6.09 Å². The summed E-state index contributed by atoms with van der Waals surface area (Å²) in [5, 5.41) is 0.952. The minimum absolute atomic E-state index is 0.0324. The van der Waals surface area contributed by atoms with E-state index in [1.807, 2.05) is 42.5 Å². The van der Waals surface area contributed by atoms with E-state index in [0.717, 1.165) is 54.2 Å². The molecule has 0 unspecified atom stereocenters. The zero-order chi connectivity index (χ0) is 27.3. The van der Waals surface area contributed by atoms with Gasteiger partial charge in [0.2, 0.25) is 0 Å². The maximum Gasteiger partial charge on any atom is 0.415 e. The van der Waals surface area contributed by atoms with Gasteiger partial charge in [-0.05, 0) is 61.4 Å². The maximum absolute atomic E-state index is 14.6. The molecule has 5 nitrogen and oxygen atoms in total. The Balaban J connectivity index is 1.24. The highest BCUT2D eigenvalue weighted by Crippen LogP contribution is 2.37. The third-order valence-corrected chi connectivity index (χ3v) is 8.02. The van der Waals surface area contributed by atoms with Gasteiger partial charge in [0.05, 0.1) is 6.54 Å². The summed E-state index contributed by atoms with van der Waals surface area (Å²) in [7, 11) is 0. The van der Waals surface area contributed by atoms with E-state index in [1.54, 1.807) is 11.0 Å². The van der Waals surface area contributed by atoms with Crippen molar-refractivity contribution in [1.82, 2.24) is 9.47 Å². The Morgan fingerprint density at radius 2 is 1.69 bits per heavy atom. The van der Waals surface area contributed by atoms with Crippen LogP contribution in [0.2, 0.25) is 0 Å². The van der Waals surface area contributed by atoms with E-state index in [4.69, 9.17) is 4.74 Å². The molecule has 0 aliphatic carbocycles. The third kappa shape index (κ3) is 4.56. The van der Waals surface area contributed by atoms with Crippen molar-refractivity contribution in [2.24, 2.45) is 0 Å². The van der Waals surface area contributed by atoms with Crippen LogP contribution in [0.1, 0.15) is 38.3 Å². The third-order valence-electron chi connectivity index (χ3n) is 8.02. The fourth-order valence-corrected chi connectivity index (χ4v) is 5.84. The molecule has 1 amide bonds. The van der Waals surface area contributed by atoms with Gasteiger partial charge in [0.15, 0.2) is 17.5 Å². The number of ether oxygens (including phenoxy) is 1. The first-order valence-corrected chi connectivity index (χ1v) is 13.3. The van der Waals surface area contributed by atoms with E-state index >= 15 is 0 Å². The summed E-state index contributed by atoms with van der Waals surface area (Å²) in [5.74, 6) is -3.85. The number of nitrogens with zero attached hydrogens (tertiary/aromatic N) is 3. The molecule has 3 aromatic carbocycles. The lowest BCUT2D eigenvalue weighted by molar-refractivity contribution is -0.000891. The Kier molecular flexibility index (Phi) is 6.38. The van der Waals surface area contributed by atoms with Gasteiger partial charge in [-0.15, -0.1) is 0 Å². The van der Waals surface area contributed by atoms with Gasteiger partial charge in [0, 0.05) is 66.9 Å². The Labute approximate surface area is 225 Å². The standard InChI is InChI=1S/C31H30F3N3O2/c1-20(2)36-18-22(25-16-21(8-11-27(25)36)24-9-10-26(32)29(34)28(24)33)17-35-14-12-31(13-15-35)19-37(30(38)39-31)23-6-4-3-5-7-23/h3-11,16,18,20H,12-15,17,19H2,1-2H3. The molecular formula is C31H30F3N3O2. The molecule has 6 rings (SSSR count). The van der Waals surface area contributed by atoms with Crippen LogP contribution in [0.15, 0.2) is 66.9 Å². The van der Waals surface area contributed by atoms with Crippen LogP contribution in [-0.2, 0) is 11.3 Å². The number of fused-ring (bicyclic) bond motifs is 1. The van der Waals surface area contributed by atoms with Crippen molar-refractivity contribution in [3.63, 3.8) is 0 Å². The molecule has 2 aliphatic rings. The number of piperidine rings is 1. The Morgan fingerprint density at radius 1 is 0.949 bits per heavy atom. The molecular weight excluding hydrogens is 503 g/mol. The van der Waals surface area contributed by atoms with Crippen LogP contribution in [0.3, 0.4) is 0 Å². The first-order valence-electron chi connectivity index (χ1n) is 13.3. The van der Waals surface area contributed by atoms with Gasteiger partial charge < -0.3 is 9.30 Å². The number of likely N-dealkylation sites (tertiary alicyclic amines) is 1. The average molecular weight is 534 g/mol. The largest absolute Gasteiger partial charge is 0.441 e. The van der Waals surface area contributed by atoms with Crippen LogP contribution in [-0.4, -0.2) is 40.8 Å². The molecule has 4 aromatic rings. The summed E-state index contributed by atoms with van der Waals surface area (Å²) in [5.41, 5.74) is 2.96. The van der Waals surface area contributed by atoms with E-state index < -0.39 is 23.1 Å². The number of para-hydroxylation sites is 1. The Morgan fingerprint density at radius 3 is 2.41 bits per heavy atom. The molecule has 0 N–H and O–H groups in total. The average Bonchev–Trinajstić information content (AvgIpc) is 3.46. The van der Waals surface area contributed by atoms with Crippen molar-refractivity contribution in [2.45, 2.75) is 44.9 Å². The fourth-order valence-electron chi connectivity index (χ4n) is 5.84. The van der Waals surface area contributed by atoms with Gasteiger partial charge in [0.1, 0.15) is 5.60 Å². The quantitative estimate of drug-likeness (QED) is 0.253. The lowest BCUT2D eigenvalue weighted by Crippen LogP contribution is -2.46. The number of hydrogen-bond donors (Lipinski definition) is 0. The SMILES string of the molecule is CC(C)n1cc(CN2CCC3(CC2)CN(c2ccccc2)C(=O)O3)c2cc(-c3ccc(F)c(F)c3F)ccc21. The predicted molar refractivity (Wildman–Crippen MR) is 145 cm³/mol. The van der Waals surface area contributed by atoms with Crippen LogP contribution < -0.4 is 4.90 Å². The molecule has 39 heavy (non-hydrogen) atoms. The molecule has 3 heterocycles. The van der Waals surface area contributed by atoms with Crippen molar-refractivity contribution in [1.29, 1.82) is 0 Å². The summed E-state index contributed by atoms with van der Waals surface area (Å²) in [6.07, 6.45) is 3.29. The first kappa shape index (κ1) is 25.5. The second-order valence-electron chi connectivity index (χ2n) is 10.9. The Bertz CT molecular complexity index is 1540. The van der Waals surface area contributed by atoms with Gasteiger partial charge in [-0.3, -0.25) is 9.80 Å². The first-order chi connectivity index (χ1) is 18.7.